The molecule has 2 aromatic heterocycles. The molecule has 0 aliphatic carbocycles. The number of para-hydroxylation sites is 2. The standard InChI is InChI=1S/C50H38BN5.Pt/c1-36-30-37(2)49(38(3)31-36)51(42-23-16-22-41(32-42)47-34-48(39-18-8-4-9-19-39)56(52-47)45-27-14-7-15-28-45)43-24-17-29-46(33-43)55-35-54(44-25-12-6-13-26-44)50(53-55)40-20-10-5-11-21-40;/h4-31,34H,1-3H3;/q-2;. The van der Waals surface area contributed by atoms with Crippen molar-refractivity contribution in [3.63, 3.8) is 0 Å². The van der Waals surface area contributed by atoms with Crippen LogP contribution in [0.2, 0.25) is 0 Å². The topological polar surface area (TPSA) is 40.6 Å². The Morgan fingerprint density at radius 3 is 1.74 bits per heavy atom. The van der Waals surface area contributed by atoms with E-state index >= 15 is 0 Å². The molecule has 5 nitrogen and oxygen atoms in total. The van der Waals surface area contributed by atoms with Crippen molar-refractivity contribution in [2.75, 3.05) is 0 Å². The van der Waals surface area contributed by atoms with Crippen molar-refractivity contribution < 1.29 is 19.4 Å². The van der Waals surface area contributed by atoms with E-state index in [0.29, 0.717) is 0 Å². The summed E-state index contributed by atoms with van der Waals surface area (Å²) in [4.78, 5) is 0. The first-order valence-corrected chi connectivity index (χ1v) is 20.2. The number of benzene rings is 7. The Balaban J connectivity index is 1.20. The van der Waals surface area contributed by atoms with E-state index in [9.17, 15) is 0 Å². The van der Waals surface area contributed by atoms with Crippen molar-refractivity contribution in [3.05, 3.63) is 209 Å². The Bertz CT molecular complexity index is 2820. The maximum atomic E-state index is 5.26. The van der Waals surface area contributed by atoms with Gasteiger partial charge in [0.2, 0.25) is 0 Å². The van der Waals surface area contributed by atoms with Crippen LogP contribution in [0, 0.1) is 36.7 Å². The molecule has 2 heterocycles. The third-order valence-electron chi connectivity index (χ3n) is 10.3. The zero-order valence-corrected chi connectivity index (χ0v) is 34.1. The molecule has 0 atom stereocenters. The Morgan fingerprint density at radius 2 is 1.09 bits per heavy atom. The van der Waals surface area contributed by atoms with E-state index in [0.717, 1.165) is 65.7 Å². The molecule has 7 aromatic carbocycles. The monoisotopic (exact) mass is 914 g/mol. The summed E-state index contributed by atoms with van der Waals surface area (Å²) >= 11 is 2.39. The molecule has 0 spiro atoms. The molecule has 9 aromatic rings. The van der Waals surface area contributed by atoms with E-state index in [4.69, 9.17) is 10.2 Å². The molecule has 0 amide bonds. The zero-order chi connectivity index (χ0) is 38.9. The summed E-state index contributed by atoms with van der Waals surface area (Å²) < 4.78 is 7.20. The fraction of sp³-hybridized carbons (Fsp3) is 0.0600. The van der Waals surface area contributed by atoms with Crippen LogP contribution in [-0.2, 0) is 19.4 Å². The van der Waals surface area contributed by atoms with Crippen molar-refractivity contribution in [1.82, 2.24) is 24.1 Å². The van der Waals surface area contributed by atoms with Crippen LogP contribution in [0.15, 0.2) is 176 Å². The minimum atomic E-state index is -0.154. The summed E-state index contributed by atoms with van der Waals surface area (Å²) in [6.07, 6.45) is 0. The van der Waals surface area contributed by atoms with E-state index in [1.165, 1.54) is 22.2 Å². The van der Waals surface area contributed by atoms with Gasteiger partial charge in [0, 0.05) is 0 Å². The van der Waals surface area contributed by atoms with Crippen LogP contribution in [0.3, 0.4) is 0 Å². The molecule has 0 fully saturated rings. The normalized spacial score (nSPS) is 11.2. The average molecular weight is 915 g/mol. The first kappa shape index (κ1) is 36.3. The molecule has 0 N–H and O–H groups in total. The Hall–Kier alpha value is -6.36. The van der Waals surface area contributed by atoms with Crippen molar-refractivity contribution in [2.24, 2.45) is 0 Å². The average Bonchev–Trinajstić information content (AvgIpc) is 3.86. The summed E-state index contributed by atoms with van der Waals surface area (Å²) in [6.45, 7) is 6.45. The molecule has 57 heavy (non-hydrogen) atoms. The van der Waals surface area contributed by atoms with Gasteiger partial charge in [-0.15, -0.1) is 0 Å². The van der Waals surface area contributed by atoms with E-state index in [2.05, 4.69) is 196 Å². The van der Waals surface area contributed by atoms with E-state index in [1.807, 2.05) is 45.8 Å². The summed E-state index contributed by atoms with van der Waals surface area (Å²) in [5.74, 6) is 0.859. The Kier molecular flexibility index (Phi) is 9.96. The molecule has 0 saturated heterocycles. The van der Waals surface area contributed by atoms with Gasteiger partial charge in [0.15, 0.2) is 0 Å². The summed E-state index contributed by atoms with van der Waals surface area (Å²) in [6, 6.07) is 68.8. The summed E-state index contributed by atoms with van der Waals surface area (Å²) in [5, 5.41) is 10.5. The molecule has 0 bridgehead atoms. The third-order valence-corrected chi connectivity index (χ3v) is 11.3. The molecular formula is C50H38BN5Pt-2. The quantitative estimate of drug-likeness (QED) is 0.107. The van der Waals surface area contributed by atoms with Crippen molar-refractivity contribution in [1.29, 1.82) is 0 Å². The van der Waals surface area contributed by atoms with Crippen LogP contribution < -0.4 is 16.4 Å². The van der Waals surface area contributed by atoms with Crippen LogP contribution in [0.4, 0.5) is 0 Å². The van der Waals surface area contributed by atoms with Gasteiger partial charge in [-0.3, -0.25) is 0 Å². The van der Waals surface area contributed by atoms with Crippen LogP contribution in [0.1, 0.15) is 16.7 Å². The van der Waals surface area contributed by atoms with Gasteiger partial charge in [-0.1, -0.05) is 48.5 Å². The Labute approximate surface area is 345 Å². The predicted molar refractivity (Wildman–Crippen MR) is 229 cm³/mol. The van der Waals surface area contributed by atoms with Gasteiger partial charge < -0.3 is 0 Å². The summed E-state index contributed by atoms with van der Waals surface area (Å²) in [7, 11) is 0. The molecule has 0 aliphatic heterocycles. The fourth-order valence-electron chi connectivity index (χ4n) is 7.86. The van der Waals surface area contributed by atoms with Crippen LogP contribution in [-0.4, -0.2) is 30.8 Å². The zero-order valence-electron chi connectivity index (χ0n) is 31.9. The summed E-state index contributed by atoms with van der Waals surface area (Å²) in [5.41, 5.74) is 14.9. The third kappa shape index (κ3) is 7.14. The first-order valence-electron chi connectivity index (χ1n) is 19.0. The molecule has 278 valence electrons. The van der Waals surface area contributed by atoms with Crippen LogP contribution in [0.25, 0.3) is 51.0 Å². The number of hydrogen-bond acceptors (Lipinski definition) is 2. The second-order valence-corrected chi connectivity index (χ2v) is 15.3. The van der Waals surface area contributed by atoms with E-state index in [-0.39, 0.29) is 6.71 Å². The minimum absolute atomic E-state index is 0.154. The number of rotatable bonds is 9. The van der Waals surface area contributed by atoms with Gasteiger partial charge in [-0.2, -0.15) is 0 Å². The molecule has 0 aliphatic rings. The number of hydrogen-bond donors (Lipinski definition) is 0. The van der Waals surface area contributed by atoms with Crippen LogP contribution >= 0.6 is 0 Å². The predicted octanol–water partition coefficient (Wildman–Crippen LogP) is 8.97. The maximum absolute atomic E-state index is 5.26. The van der Waals surface area contributed by atoms with Gasteiger partial charge in [-0.05, 0) is 17.7 Å². The van der Waals surface area contributed by atoms with Crippen molar-refractivity contribution in [2.45, 2.75) is 20.8 Å². The number of aryl methyl sites for hydroxylation is 3. The van der Waals surface area contributed by atoms with Gasteiger partial charge in [0.25, 0.3) is 0 Å². The second-order valence-electron chi connectivity index (χ2n) is 14.3. The van der Waals surface area contributed by atoms with E-state index in [1.54, 1.807) is 0 Å². The fourth-order valence-corrected chi connectivity index (χ4v) is 8.78. The molecular weight excluding hydrogens is 876 g/mol. The number of nitrogens with zero attached hydrogens (tertiary/aromatic N) is 5. The van der Waals surface area contributed by atoms with E-state index < -0.39 is 0 Å². The van der Waals surface area contributed by atoms with Crippen LogP contribution in [0.5, 0.6) is 0 Å². The van der Waals surface area contributed by atoms with Gasteiger partial charge >= 0.3 is 275 Å². The van der Waals surface area contributed by atoms with Crippen molar-refractivity contribution in [3.8, 4) is 51.0 Å². The molecule has 0 saturated carbocycles. The van der Waals surface area contributed by atoms with Crippen molar-refractivity contribution >= 4 is 23.1 Å². The second kappa shape index (κ2) is 15.6. The molecule has 0 radical (unpaired) electrons. The SMILES string of the molecule is Cc1cc(C)c(B(c2[c-]c(-c3cc(-c4ccccc4)n(-c4ccccc4)n3)ccc2)c2[c-]c(-n3nc(-c4ccccc4)n(-c4ccccc4)[c]3=[Pt])ccc2)c(C)c1. The number of aromatic nitrogens is 5. The van der Waals surface area contributed by atoms with Gasteiger partial charge in [0.1, 0.15) is 0 Å². The molecule has 0 unspecified atom stereocenters. The van der Waals surface area contributed by atoms with Gasteiger partial charge in [-0.25, -0.2) is 0 Å². The Morgan fingerprint density at radius 1 is 0.526 bits per heavy atom. The van der Waals surface area contributed by atoms with Gasteiger partial charge in [0.05, 0.1) is 5.69 Å². The first-order chi connectivity index (χ1) is 27.9. The molecule has 7 heteroatoms. The molecule has 9 rings (SSSR count).